The molecular weight excluding hydrogens is 312 g/mol. The van der Waals surface area contributed by atoms with E-state index in [1.165, 1.54) is 0 Å². The van der Waals surface area contributed by atoms with Crippen LogP contribution >= 0.6 is 11.6 Å². The van der Waals surface area contributed by atoms with Crippen LogP contribution < -0.4 is 5.32 Å². The minimum absolute atomic E-state index is 0.0251. The Balaban J connectivity index is 1.83. The number of hydrogen-bond donors (Lipinski definition) is 2. The Bertz CT molecular complexity index is 602. The van der Waals surface area contributed by atoms with Crippen molar-refractivity contribution in [3.63, 3.8) is 0 Å². The van der Waals surface area contributed by atoms with Crippen molar-refractivity contribution in [3.05, 3.63) is 70.7 Å². The third kappa shape index (κ3) is 6.40. The minimum Gasteiger partial charge on any atom is -0.395 e. The van der Waals surface area contributed by atoms with Crippen LogP contribution in [0.4, 0.5) is 0 Å². The lowest BCUT2D eigenvalue weighted by Crippen LogP contribution is -2.38. The maximum absolute atomic E-state index is 12.1. The Morgan fingerprint density at radius 2 is 1.74 bits per heavy atom. The van der Waals surface area contributed by atoms with Crippen LogP contribution in [0.25, 0.3) is 0 Å². The molecule has 1 amide bonds. The number of benzene rings is 2. The number of hydrogen-bond acceptors (Lipinski definition) is 3. The third-order valence-corrected chi connectivity index (χ3v) is 3.69. The van der Waals surface area contributed by atoms with Crippen LogP contribution in [0.1, 0.15) is 11.1 Å². The molecule has 0 saturated carbocycles. The largest absolute Gasteiger partial charge is 0.395 e. The van der Waals surface area contributed by atoms with Crippen molar-refractivity contribution in [2.24, 2.45) is 0 Å². The van der Waals surface area contributed by atoms with Gasteiger partial charge in [-0.3, -0.25) is 9.69 Å². The molecule has 0 spiro atoms. The van der Waals surface area contributed by atoms with Crippen LogP contribution in [-0.2, 0) is 17.9 Å². The standard InChI is InChI=1S/C18H21ClN2O2/c19-17-8-6-15(7-9-17)12-20-18(23)14-21(10-11-22)13-16-4-2-1-3-5-16/h1-9,22H,10-14H2,(H,20,23). The molecule has 2 rings (SSSR count). The summed E-state index contributed by atoms with van der Waals surface area (Å²) in [5, 5.41) is 12.7. The number of halogens is 1. The molecule has 2 aromatic rings. The predicted molar refractivity (Wildman–Crippen MR) is 92.1 cm³/mol. The van der Waals surface area contributed by atoms with Gasteiger partial charge in [-0.1, -0.05) is 54.1 Å². The maximum atomic E-state index is 12.1. The van der Waals surface area contributed by atoms with E-state index in [4.69, 9.17) is 11.6 Å². The van der Waals surface area contributed by atoms with Gasteiger partial charge in [-0.25, -0.2) is 0 Å². The van der Waals surface area contributed by atoms with E-state index in [2.05, 4.69) is 5.32 Å². The zero-order valence-corrected chi connectivity index (χ0v) is 13.7. The normalized spacial score (nSPS) is 10.7. The molecule has 2 N–H and O–H groups in total. The number of carbonyl (C=O) groups excluding carboxylic acids is 1. The number of aliphatic hydroxyl groups excluding tert-OH is 1. The van der Waals surface area contributed by atoms with Gasteiger partial charge >= 0.3 is 0 Å². The molecule has 0 saturated heterocycles. The molecule has 122 valence electrons. The minimum atomic E-state index is -0.0654. The fourth-order valence-electron chi connectivity index (χ4n) is 2.26. The maximum Gasteiger partial charge on any atom is 0.234 e. The van der Waals surface area contributed by atoms with Crippen LogP contribution in [-0.4, -0.2) is 35.6 Å². The predicted octanol–water partition coefficient (Wildman–Crippen LogP) is 2.45. The summed E-state index contributed by atoms with van der Waals surface area (Å²) in [6.45, 7) is 1.84. The molecule has 2 aromatic carbocycles. The van der Waals surface area contributed by atoms with Crippen molar-refractivity contribution < 1.29 is 9.90 Å². The number of rotatable bonds is 8. The first-order valence-corrected chi connectivity index (χ1v) is 7.93. The Morgan fingerprint density at radius 1 is 1.04 bits per heavy atom. The summed E-state index contributed by atoms with van der Waals surface area (Å²) in [4.78, 5) is 14.0. The molecule has 4 nitrogen and oxygen atoms in total. The summed E-state index contributed by atoms with van der Waals surface area (Å²) in [6, 6.07) is 17.3. The van der Waals surface area contributed by atoms with Crippen molar-refractivity contribution in [1.82, 2.24) is 10.2 Å². The highest BCUT2D eigenvalue weighted by molar-refractivity contribution is 6.30. The Hall–Kier alpha value is -1.88. The van der Waals surface area contributed by atoms with Crippen molar-refractivity contribution in [2.75, 3.05) is 19.7 Å². The smallest absolute Gasteiger partial charge is 0.234 e. The third-order valence-electron chi connectivity index (χ3n) is 3.44. The molecule has 0 heterocycles. The highest BCUT2D eigenvalue weighted by Crippen LogP contribution is 2.09. The van der Waals surface area contributed by atoms with Gasteiger partial charge in [-0.05, 0) is 23.3 Å². The van der Waals surface area contributed by atoms with Gasteiger partial charge < -0.3 is 10.4 Å². The molecular formula is C18H21ClN2O2. The van der Waals surface area contributed by atoms with Gasteiger partial charge in [0.2, 0.25) is 5.91 Å². The second kappa shape index (κ2) is 9.30. The average Bonchev–Trinajstić information content (AvgIpc) is 2.55. The van der Waals surface area contributed by atoms with Gasteiger partial charge in [-0.2, -0.15) is 0 Å². The lowest BCUT2D eigenvalue weighted by atomic mass is 10.2. The van der Waals surface area contributed by atoms with Gasteiger partial charge in [0.15, 0.2) is 0 Å². The molecule has 0 unspecified atom stereocenters. The molecule has 0 atom stereocenters. The van der Waals surface area contributed by atoms with Crippen molar-refractivity contribution in [2.45, 2.75) is 13.1 Å². The summed E-state index contributed by atoms with van der Waals surface area (Å²) in [5.74, 6) is -0.0654. The molecule has 0 aliphatic rings. The zero-order valence-electron chi connectivity index (χ0n) is 12.9. The number of carbonyl (C=O) groups is 1. The number of aliphatic hydroxyl groups is 1. The van der Waals surface area contributed by atoms with E-state index < -0.39 is 0 Å². The summed E-state index contributed by atoms with van der Waals surface area (Å²) in [7, 11) is 0. The van der Waals surface area contributed by atoms with Gasteiger partial charge in [0.25, 0.3) is 0 Å². The van der Waals surface area contributed by atoms with Crippen molar-refractivity contribution in [3.8, 4) is 0 Å². The first kappa shape index (κ1) is 17.5. The molecule has 0 aliphatic heterocycles. The van der Waals surface area contributed by atoms with Crippen LogP contribution in [0.2, 0.25) is 5.02 Å². The van der Waals surface area contributed by atoms with Gasteiger partial charge in [0, 0.05) is 24.7 Å². The van der Waals surface area contributed by atoms with Gasteiger partial charge in [0.1, 0.15) is 0 Å². The first-order valence-electron chi connectivity index (χ1n) is 7.55. The highest BCUT2D eigenvalue weighted by atomic mass is 35.5. The van der Waals surface area contributed by atoms with Crippen LogP contribution in [0.15, 0.2) is 54.6 Å². The number of amides is 1. The first-order chi connectivity index (χ1) is 11.2. The molecule has 5 heteroatoms. The Morgan fingerprint density at radius 3 is 2.39 bits per heavy atom. The SMILES string of the molecule is O=C(CN(CCO)Cc1ccccc1)NCc1ccc(Cl)cc1. The summed E-state index contributed by atoms with van der Waals surface area (Å²) in [6.07, 6.45) is 0. The van der Waals surface area contributed by atoms with E-state index in [1.807, 2.05) is 47.4 Å². The van der Waals surface area contributed by atoms with Gasteiger partial charge in [-0.15, -0.1) is 0 Å². The van der Waals surface area contributed by atoms with Crippen molar-refractivity contribution in [1.29, 1.82) is 0 Å². The van der Waals surface area contributed by atoms with Crippen LogP contribution in [0.3, 0.4) is 0 Å². The number of nitrogens with one attached hydrogen (secondary N) is 1. The van der Waals surface area contributed by atoms with E-state index >= 15 is 0 Å². The average molecular weight is 333 g/mol. The molecule has 0 aromatic heterocycles. The van der Waals surface area contributed by atoms with E-state index in [0.717, 1.165) is 11.1 Å². The summed E-state index contributed by atoms with van der Waals surface area (Å²) in [5.41, 5.74) is 2.12. The van der Waals surface area contributed by atoms with E-state index in [0.29, 0.717) is 24.7 Å². The summed E-state index contributed by atoms with van der Waals surface area (Å²) < 4.78 is 0. The van der Waals surface area contributed by atoms with E-state index in [9.17, 15) is 9.90 Å². The Kier molecular flexibility index (Phi) is 7.07. The van der Waals surface area contributed by atoms with Crippen LogP contribution in [0, 0.1) is 0 Å². The molecule has 0 fully saturated rings. The molecule has 0 bridgehead atoms. The topological polar surface area (TPSA) is 52.6 Å². The fraction of sp³-hybridized carbons (Fsp3) is 0.278. The lowest BCUT2D eigenvalue weighted by Gasteiger charge is -2.20. The van der Waals surface area contributed by atoms with E-state index in [-0.39, 0.29) is 19.1 Å². The monoisotopic (exact) mass is 332 g/mol. The van der Waals surface area contributed by atoms with Crippen LogP contribution in [0.5, 0.6) is 0 Å². The fourth-order valence-corrected chi connectivity index (χ4v) is 2.38. The highest BCUT2D eigenvalue weighted by Gasteiger charge is 2.10. The second-order valence-corrected chi connectivity index (χ2v) is 5.76. The molecule has 23 heavy (non-hydrogen) atoms. The second-order valence-electron chi connectivity index (χ2n) is 5.32. The van der Waals surface area contributed by atoms with E-state index in [1.54, 1.807) is 12.1 Å². The van der Waals surface area contributed by atoms with Crippen molar-refractivity contribution >= 4 is 17.5 Å². The van der Waals surface area contributed by atoms with Gasteiger partial charge in [0.05, 0.1) is 13.2 Å². The quantitative estimate of drug-likeness (QED) is 0.780. The number of nitrogens with zero attached hydrogens (tertiary/aromatic N) is 1. The summed E-state index contributed by atoms with van der Waals surface area (Å²) >= 11 is 5.84. The zero-order chi connectivity index (χ0) is 16.5. The lowest BCUT2D eigenvalue weighted by molar-refractivity contribution is -0.122. The Labute approximate surface area is 141 Å². The molecule has 0 aliphatic carbocycles. The molecule has 0 radical (unpaired) electrons.